The summed E-state index contributed by atoms with van der Waals surface area (Å²) in [7, 11) is 0. The highest BCUT2D eigenvalue weighted by Crippen LogP contribution is 2.27. The molecule has 0 fully saturated rings. The summed E-state index contributed by atoms with van der Waals surface area (Å²) in [5.41, 5.74) is 0. The second-order valence-electron chi connectivity index (χ2n) is 3.80. The minimum absolute atomic E-state index is 0.186. The molecule has 0 radical (unpaired) electrons. The number of halogens is 2. The lowest BCUT2D eigenvalue weighted by molar-refractivity contribution is 0.295. The number of benzene rings is 1. The average Bonchev–Trinajstić information content (AvgIpc) is 2.34. The number of hydrogen-bond acceptors (Lipinski definition) is 3. The van der Waals surface area contributed by atoms with E-state index in [1.54, 1.807) is 12.1 Å². The molecular weight excluding hydrogens is 458 g/mol. The zero-order valence-corrected chi connectivity index (χ0v) is 14.5. The number of unbranched alkanes of at least 4 members (excludes halogenated alkanes) is 1. The zero-order valence-electron chi connectivity index (χ0n) is 10.2. The third kappa shape index (κ3) is 6.86. The summed E-state index contributed by atoms with van der Waals surface area (Å²) in [6.07, 6.45) is 3.18. The smallest absolute Gasteiger partial charge is 0.126 e. The Bertz CT molecular complexity index is 345. The summed E-state index contributed by atoms with van der Waals surface area (Å²) < 4.78 is 13.4. The lowest BCUT2D eigenvalue weighted by Gasteiger charge is -2.10. The van der Waals surface area contributed by atoms with E-state index in [0.717, 1.165) is 28.1 Å². The SMILES string of the molecule is Oc1cc(OCCCI)cc(OCCCCI)c1. The predicted molar refractivity (Wildman–Crippen MR) is 90.7 cm³/mol. The Morgan fingerprint density at radius 2 is 1.39 bits per heavy atom. The summed E-state index contributed by atoms with van der Waals surface area (Å²) in [5.74, 6) is 1.53. The number of phenolic OH excluding ortho intramolecular Hbond substituents is 1. The summed E-state index contributed by atoms with van der Waals surface area (Å²) in [4.78, 5) is 0. The molecule has 0 bridgehead atoms. The third-order valence-electron chi connectivity index (χ3n) is 2.21. The van der Waals surface area contributed by atoms with Crippen LogP contribution in [0.3, 0.4) is 0 Å². The van der Waals surface area contributed by atoms with Crippen molar-refractivity contribution in [2.24, 2.45) is 0 Å². The van der Waals surface area contributed by atoms with E-state index in [-0.39, 0.29) is 5.75 Å². The van der Waals surface area contributed by atoms with Crippen molar-refractivity contribution in [3.05, 3.63) is 18.2 Å². The van der Waals surface area contributed by atoms with E-state index in [2.05, 4.69) is 45.2 Å². The predicted octanol–water partition coefficient (Wildman–Crippen LogP) is 4.19. The van der Waals surface area contributed by atoms with E-state index in [0.29, 0.717) is 24.7 Å². The van der Waals surface area contributed by atoms with Gasteiger partial charge in [-0.2, -0.15) is 0 Å². The maximum Gasteiger partial charge on any atom is 0.126 e. The van der Waals surface area contributed by atoms with Crippen molar-refractivity contribution in [3.63, 3.8) is 0 Å². The van der Waals surface area contributed by atoms with Gasteiger partial charge in [-0.3, -0.25) is 0 Å². The molecule has 102 valence electrons. The van der Waals surface area contributed by atoms with Crippen molar-refractivity contribution in [2.45, 2.75) is 19.3 Å². The van der Waals surface area contributed by atoms with E-state index in [4.69, 9.17) is 9.47 Å². The van der Waals surface area contributed by atoms with Gasteiger partial charge in [0.1, 0.15) is 17.2 Å². The molecule has 0 saturated carbocycles. The monoisotopic (exact) mass is 476 g/mol. The highest BCUT2D eigenvalue weighted by atomic mass is 127. The van der Waals surface area contributed by atoms with Crippen LogP contribution in [-0.2, 0) is 0 Å². The normalized spacial score (nSPS) is 10.3. The Hall–Kier alpha value is 0.0800. The number of aromatic hydroxyl groups is 1. The molecule has 1 N–H and O–H groups in total. The van der Waals surface area contributed by atoms with Crippen LogP contribution in [0.15, 0.2) is 18.2 Å². The first-order chi connectivity index (χ1) is 8.76. The van der Waals surface area contributed by atoms with Gasteiger partial charge in [-0.1, -0.05) is 45.2 Å². The van der Waals surface area contributed by atoms with Gasteiger partial charge in [0.15, 0.2) is 0 Å². The molecule has 0 unspecified atom stereocenters. The van der Waals surface area contributed by atoms with E-state index in [9.17, 15) is 5.11 Å². The molecule has 0 saturated heterocycles. The summed E-state index contributed by atoms with van der Waals surface area (Å²) >= 11 is 4.67. The number of rotatable bonds is 9. The summed E-state index contributed by atoms with van der Waals surface area (Å²) in [5, 5.41) is 9.59. The quantitative estimate of drug-likeness (QED) is 0.330. The Morgan fingerprint density at radius 1 is 0.833 bits per heavy atom. The van der Waals surface area contributed by atoms with Gasteiger partial charge in [0.2, 0.25) is 0 Å². The minimum Gasteiger partial charge on any atom is -0.508 e. The average molecular weight is 476 g/mol. The molecule has 0 aliphatic rings. The van der Waals surface area contributed by atoms with Crippen LogP contribution < -0.4 is 9.47 Å². The van der Waals surface area contributed by atoms with Crippen molar-refractivity contribution in [1.29, 1.82) is 0 Å². The first-order valence-corrected chi connectivity index (χ1v) is 9.03. The second kappa shape index (κ2) is 9.94. The minimum atomic E-state index is 0.186. The lowest BCUT2D eigenvalue weighted by Crippen LogP contribution is -2.00. The Kier molecular flexibility index (Phi) is 8.91. The highest BCUT2D eigenvalue weighted by molar-refractivity contribution is 14.1. The van der Waals surface area contributed by atoms with Crippen LogP contribution in [-0.4, -0.2) is 27.2 Å². The standard InChI is InChI=1S/C13H18I2O3/c14-4-1-2-6-17-12-8-11(16)9-13(10-12)18-7-3-5-15/h8-10,16H,1-7H2. The van der Waals surface area contributed by atoms with E-state index < -0.39 is 0 Å². The summed E-state index contributed by atoms with van der Waals surface area (Å²) in [6.45, 7) is 1.35. The topological polar surface area (TPSA) is 38.7 Å². The molecule has 0 aliphatic heterocycles. The Morgan fingerprint density at radius 3 is 1.94 bits per heavy atom. The van der Waals surface area contributed by atoms with Gasteiger partial charge >= 0.3 is 0 Å². The third-order valence-corrected chi connectivity index (χ3v) is 3.73. The first kappa shape index (κ1) is 16.1. The van der Waals surface area contributed by atoms with Crippen LogP contribution in [0.4, 0.5) is 0 Å². The van der Waals surface area contributed by atoms with Gasteiger partial charge in [-0.05, 0) is 23.7 Å². The van der Waals surface area contributed by atoms with Gasteiger partial charge in [-0.25, -0.2) is 0 Å². The van der Waals surface area contributed by atoms with Crippen LogP contribution in [0.25, 0.3) is 0 Å². The van der Waals surface area contributed by atoms with Crippen molar-refractivity contribution in [3.8, 4) is 17.2 Å². The van der Waals surface area contributed by atoms with Gasteiger partial charge in [0.25, 0.3) is 0 Å². The molecule has 0 spiro atoms. The van der Waals surface area contributed by atoms with Crippen LogP contribution in [0, 0.1) is 0 Å². The fourth-order valence-corrected chi connectivity index (χ4v) is 2.21. The molecule has 1 aromatic carbocycles. The molecule has 1 rings (SSSR count). The molecule has 5 heteroatoms. The van der Waals surface area contributed by atoms with Crippen molar-refractivity contribution >= 4 is 45.2 Å². The van der Waals surface area contributed by atoms with Gasteiger partial charge < -0.3 is 14.6 Å². The van der Waals surface area contributed by atoms with Gasteiger partial charge in [0, 0.05) is 22.6 Å². The number of hydrogen-bond donors (Lipinski definition) is 1. The molecule has 0 aliphatic carbocycles. The van der Waals surface area contributed by atoms with Gasteiger partial charge in [0.05, 0.1) is 13.2 Å². The number of ether oxygens (including phenoxy) is 2. The van der Waals surface area contributed by atoms with Crippen LogP contribution in [0.1, 0.15) is 19.3 Å². The Labute approximate surface area is 136 Å². The van der Waals surface area contributed by atoms with E-state index in [1.165, 1.54) is 0 Å². The van der Waals surface area contributed by atoms with E-state index in [1.807, 2.05) is 6.07 Å². The highest BCUT2D eigenvalue weighted by Gasteiger charge is 2.02. The summed E-state index contributed by atoms with van der Waals surface area (Å²) in [6, 6.07) is 5.07. The fraction of sp³-hybridized carbons (Fsp3) is 0.538. The molecule has 18 heavy (non-hydrogen) atoms. The number of alkyl halides is 2. The van der Waals surface area contributed by atoms with Crippen LogP contribution in [0.2, 0.25) is 0 Å². The molecular formula is C13H18I2O3. The van der Waals surface area contributed by atoms with Crippen LogP contribution in [0.5, 0.6) is 17.2 Å². The zero-order chi connectivity index (χ0) is 13.2. The lowest BCUT2D eigenvalue weighted by atomic mass is 10.3. The first-order valence-electron chi connectivity index (χ1n) is 5.98. The van der Waals surface area contributed by atoms with E-state index >= 15 is 0 Å². The molecule has 0 heterocycles. The maximum atomic E-state index is 9.59. The largest absolute Gasteiger partial charge is 0.508 e. The number of phenols is 1. The molecule has 3 nitrogen and oxygen atoms in total. The fourth-order valence-electron chi connectivity index (χ4n) is 1.35. The van der Waals surface area contributed by atoms with Gasteiger partial charge in [-0.15, -0.1) is 0 Å². The molecule has 0 atom stereocenters. The molecule has 1 aromatic rings. The Balaban J connectivity index is 2.46. The van der Waals surface area contributed by atoms with Crippen molar-refractivity contribution in [2.75, 3.05) is 22.1 Å². The molecule has 0 aromatic heterocycles. The second-order valence-corrected chi connectivity index (χ2v) is 5.96. The molecule has 0 amide bonds. The van der Waals surface area contributed by atoms with Crippen molar-refractivity contribution < 1.29 is 14.6 Å². The van der Waals surface area contributed by atoms with Crippen molar-refractivity contribution in [1.82, 2.24) is 0 Å². The van der Waals surface area contributed by atoms with Crippen LogP contribution >= 0.6 is 45.2 Å². The maximum absolute atomic E-state index is 9.59.